The molecule has 0 atom stereocenters. The molecule has 0 saturated carbocycles. The van der Waals surface area contributed by atoms with Crippen LogP contribution in [0.5, 0.6) is 5.75 Å². The number of benzene rings is 2. The zero-order valence-electron chi connectivity index (χ0n) is 13.0. The van der Waals surface area contributed by atoms with Gasteiger partial charge in [-0.2, -0.15) is 13.5 Å². The van der Waals surface area contributed by atoms with Gasteiger partial charge in [-0.25, -0.2) is 0 Å². The second-order valence-corrected chi connectivity index (χ2v) is 6.75. The number of hydrogen-bond acceptors (Lipinski definition) is 6. The molecule has 0 amide bonds. The lowest BCUT2D eigenvalue weighted by Gasteiger charge is -2.05. The number of hydrogen-bond donors (Lipinski definition) is 3. The van der Waals surface area contributed by atoms with Gasteiger partial charge in [0.25, 0.3) is 15.7 Å². The number of pyridine rings is 1. The van der Waals surface area contributed by atoms with Gasteiger partial charge < -0.3 is 10.1 Å². The topological polar surface area (TPSA) is 132 Å². The lowest BCUT2D eigenvalue weighted by atomic mass is 10.1. The number of azo groups is 1. The number of aryl methyl sites for hydroxylation is 1. The third kappa shape index (κ3) is 3.42. The molecule has 2 aromatic carbocycles. The molecule has 8 nitrogen and oxygen atoms in total. The summed E-state index contributed by atoms with van der Waals surface area (Å²) in [5.41, 5.74) is 1.04. The Morgan fingerprint density at radius 3 is 2.36 bits per heavy atom. The van der Waals surface area contributed by atoms with Gasteiger partial charge in [-0.05, 0) is 48.9 Å². The summed E-state index contributed by atoms with van der Waals surface area (Å²) in [5, 5.41) is 18.1. The molecule has 3 N–H and O–H groups in total. The zero-order chi connectivity index (χ0) is 18.2. The summed E-state index contributed by atoms with van der Waals surface area (Å²) in [5.74, 6) is 0.0378. The molecule has 1 heterocycles. The number of aromatic amines is 1. The van der Waals surface area contributed by atoms with Gasteiger partial charge in [0.1, 0.15) is 5.75 Å². The van der Waals surface area contributed by atoms with E-state index in [4.69, 9.17) is 4.55 Å². The number of H-pyrrole nitrogens is 1. The summed E-state index contributed by atoms with van der Waals surface area (Å²) >= 11 is 0. The fourth-order valence-electron chi connectivity index (χ4n) is 2.35. The number of aromatic nitrogens is 1. The standard InChI is InChI=1S/C16H13N3O5S/c1-9-13-7-4-11(20)8-14(13)17-16(21)15(9)19-18-10-2-5-12(6-3-10)25(22,23)24/h2-8,20H,1H3,(H,17,21)(H,22,23,24). The van der Waals surface area contributed by atoms with Crippen molar-refractivity contribution < 1.29 is 18.1 Å². The van der Waals surface area contributed by atoms with Gasteiger partial charge in [0.15, 0.2) is 5.69 Å². The molecule has 3 aromatic rings. The highest BCUT2D eigenvalue weighted by Crippen LogP contribution is 2.26. The predicted octanol–water partition coefficient (Wildman–Crippen LogP) is 3.20. The van der Waals surface area contributed by atoms with Crippen LogP contribution in [0.25, 0.3) is 10.9 Å². The molecular formula is C16H13N3O5S. The summed E-state index contributed by atoms with van der Waals surface area (Å²) in [7, 11) is -4.28. The van der Waals surface area contributed by atoms with Gasteiger partial charge in [0.2, 0.25) is 0 Å². The van der Waals surface area contributed by atoms with Crippen molar-refractivity contribution in [2.75, 3.05) is 0 Å². The first-order chi connectivity index (χ1) is 11.8. The Kier molecular flexibility index (Phi) is 4.11. The molecule has 1 aromatic heterocycles. The Labute approximate surface area is 142 Å². The highest BCUT2D eigenvalue weighted by atomic mass is 32.2. The second-order valence-electron chi connectivity index (χ2n) is 5.33. The fraction of sp³-hybridized carbons (Fsp3) is 0.0625. The Hall–Kier alpha value is -3.04. The Morgan fingerprint density at radius 2 is 1.72 bits per heavy atom. The van der Waals surface area contributed by atoms with Crippen LogP contribution < -0.4 is 5.56 Å². The van der Waals surface area contributed by atoms with Crippen LogP contribution in [0.1, 0.15) is 5.56 Å². The minimum Gasteiger partial charge on any atom is -0.508 e. The first-order valence-electron chi connectivity index (χ1n) is 7.10. The number of phenols is 1. The van der Waals surface area contributed by atoms with E-state index < -0.39 is 15.7 Å². The molecule has 3 rings (SSSR count). The smallest absolute Gasteiger partial charge is 0.294 e. The molecule has 0 aliphatic heterocycles. The lowest BCUT2D eigenvalue weighted by Crippen LogP contribution is -2.06. The SMILES string of the molecule is Cc1c(N=Nc2ccc(S(=O)(=O)O)cc2)c(=O)[nH]c2cc(O)ccc12. The molecule has 0 saturated heterocycles. The van der Waals surface area contributed by atoms with Crippen LogP contribution >= 0.6 is 0 Å². The maximum Gasteiger partial charge on any atom is 0.294 e. The number of rotatable bonds is 3. The summed E-state index contributed by atoms with van der Waals surface area (Å²) in [4.78, 5) is 14.5. The molecule has 9 heteroatoms. The quantitative estimate of drug-likeness (QED) is 0.488. The second kappa shape index (κ2) is 6.11. The van der Waals surface area contributed by atoms with Crippen molar-refractivity contribution in [3.05, 3.63) is 58.4 Å². The largest absolute Gasteiger partial charge is 0.508 e. The summed E-state index contributed by atoms with van der Waals surface area (Å²) < 4.78 is 30.9. The van der Waals surface area contributed by atoms with Gasteiger partial charge in [-0.1, -0.05) is 0 Å². The van der Waals surface area contributed by atoms with Crippen LogP contribution in [0, 0.1) is 6.92 Å². The first kappa shape index (κ1) is 16.8. The third-order valence-electron chi connectivity index (χ3n) is 3.63. The van der Waals surface area contributed by atoms with Gasteiger partial charge in [0, 0.05) is 11.5 Å². The Balaban J connectivity index is 2.01. The van der Waals surface area contributed by atoms with Crippen LogP contribution in [-0.4, -0.2) is 23.1 Å². The van der Waals surface area contributed by atoms with E-state index in [-0.39, 0.29) is 16.3 Å². The molecule has 0 fully saturated rings. The van der Waals surface area contributed by atoms with E-state index in [2.05, 4.69) is 15.2 Å². The molecule has 0 bridgehead atoms. The fourth-order valence-corrected chi connectivity index (χ4v) is 2.83. The van der Waals surface area contributed by atoms with E-state index in [1.807, 2.05) is 0 Å². The molecule has 25 heavy (non-hydrogen) atoms. The van der Waals surface area contributed by atoms with Crippen molar-refractivity contribution in [3.63, 3.8) is 0 Å². The molecule has 0 aliphatic rings. The molecule has 128 valence electrons. The van der Waals surface area contributed by atoms with E-state index in [1.165, 1.54) is 36.4 Å². The van der Waals surface area contributed by atoms with Crippen LogP contribution in [0.4, 0.5) is 11.4 Å². The highest BCUT2D eigenvalue weighted by molar-refractivity contribution is 7.85. The number of nitrogens with zero attached hydrogens (tertiary/aromatic N) is 2. The van der Waals surface area contributed by atoms with Crippen molar-refractivity contribution in [2.45, 2.75) is 11.8 Å². The van der Waals surface area contributed by atoms with Crippen LogP contribution in [0.3, 0.4) is 0 Å². The van der Waals surface area contributed by atoms with E-state index >= 15 is 0 Å². The lowest BCUT2D eigenvalue weighted by molar-refractivity contribution is 0.476. The van der Waals surface area contributed by atoms with E-state index in [0.29, 0.717) is 22.2 Å². The van der Waals surface area contributed by atoms with Crippen LogP contribution in [-0.2, 0) is 10.1 Å². The van der Waals surface area contributed by atoms with Gasteiger partial charge >= 0.3 is 0 Å². The van der Waals surface area contributed by atoms with E-state index in [9.17, 15) is 18.3 Å². The highest BCUT2D eigenvalue weighted by Gasteiger charge is 2.10. The Bertz CT molecular complexity index is 1150. The van der Waals surface area contributed by atoms with Gasteiger partial charge in [-0.15, -0.1) is 5.11 Å². The monoisotopic (exact) mass is 359 g/mol. The van der Waals surface area contributed by atoms with Crippen molar-refractivity contribution in [1.82, 2.24) is 4.98 Å². The summed E-state index contributed by atoms with van der Waals surface area (Å²) in [6.45, 7) is 1.71. The maximum absolute atomic E-state index is 12.2. The minimum absolute atomic E-state index is 0.0378. The minimum atomic E-state index is -4.28. The van der Waals surface area contributed by atoms with Crippen LogP contribution in [0.2, 0.25) is 0 Å². The van der Waals surface area contributed by atoms with Gasteiger partial charge in [0.05, 0.1) is 16.1 Å². The first-order valence-corrected chi connectivity index (χ1v) is 8.54. The molecule has 0 unspecified atom stereocenters. The maximum atomic E-state index is 12.2. The van der Waals surface area contributed by atoms with Crippen molar-refractivity contribution in [2.24, 2.45) is 10.2 Å². The summed E-state index contributed by atoms with van der Waals surface area (Å²) in [6, 6.07) is 9.69. The van der Waals surface area contributed by atoms with E-state index in [0.717, 1.165) is 0 Å². The van der Waals surface area contributed by atoms with Crippen molar-refractivity contribution in [3.8, 4) is 5.75 Å². The summed E-state index contributed by atoms with van der Waals surface area (Å²) in [6.07, 6.45) is 0. The third-order valence-corrected chi connectivity index (χ3v) is 4.49. The average molecular weight is 359 g/mol. The predicted molar refractivity (Wildman–Crippen MR) is 91.4 cm³/mol. The normalized spacial score (nSPS) is 12.1. The number of nitrogens with one attached hydrogen (secondary N) is 1. The van der Waals surface area contributed by atoms with Gasteiger partial charge in [-0.3, -0.25) is 9.35 Å². The Morgan fingerprint density at radius 1 is 1.04 bits per heavy atom. The van der Waals surface area contributed by atoms with Crippen molar-refractivity contribution in [1.29, 1.82) is 0 Å². The molecule has 0 spiro atoms. The molecule has 0 aliphatic carbocycles. The van der Waals surface area contributed by atoms with E-state index in [1.54, 1.807) is 13.0 Å². The van der Waals surface area contributed by atoms with Crippen molar-refractivity contribution >= 4 is 32.4 Å². The molecular weight excluding hydrogens is 346 g/mol. The average Bonchev–Trinajstić information content (AvgIpc) is 2.54. The zero-order valence-corrected chi connectivity index (χ0v) is 13.8. The van der Waals surface area contributed by atoms with Crippen LogP contribution in [0.15, 0.2) is 62.4 Å². The number of fused-ring (bicyclic) bond motifs is 1. The number of aromatic hydroxyl groups is 1. The molecule has 0 radical (unpaired) electrons. The number of phenolic OH excluding ortho intramolecular Hbond substituents is 1.